The van der Waals surface area contributed by atoms with Crippen LogP contribution in [0.5, 0.6) is 0 Å². The number of aromatic nitrogens is 5. The van der Waals surface area contributed by atoms with Crippen LogP contribution in [0.4, 0.5) is 0 Å². The summed E-state index contributed by atoms with van der Waals surface area (Å²) in [6, 6.07) is 5.09. The molecule has 3 aromatic rings. The minimum absolute atomic E-state index is 0.124. The SMILES string of the molecule is O=C(NCc1noc([C@@H]2CCCO2)n1)c1ccc2n[nH]nc2c1. The summed E-state index contributed by atoms with van der Waals surface area (Å²) in [6.45, 7) is 0.898. The lowest BCUT2D eigenvalue weighted by molar-refractivity contribution is 0.0835. The highest BCUT2D eigenvalue weighted by Crippen LogP contribution is 2.26. The standard InChI is InChI=1S/C14H14N6O3/c21-13(8-3-4-9-10(6-8)18-20-17-9)15-7-12-16-14(23-19-12)11-2-1-5-22-11/h3-4,6,11H,1-2,5,7H2,(H,15,21)(H,17,18,20)/t11-/m0/s1. The first-order chi connectivity index (χ1) is 11.3. The van der Waals surface area contributed by atoms with Crippen LogP contribution in [0.25, 0.3) is 11.0 Å². The summed E-state index contributed by atoms with van der Waals surface area (Å²) in [5.74, 6) is 0.653. The van der Waals surface area contributed by atoms with Crippen LogP contribution < -0.4 is 5.32 Å². The minimum Gasteiger partial charge on any atom is -0.368 e. The molecule has 1 aromatic carbocycles. The van der Waals surface area contributed by atoms with Crippen molar-refractivity contribution in [3.05, 3.63) is 35.5 Å². The van der Waals surface area contributed by atoms with Crippen LogP contribution in [-0.2, 0) is 11.3 Å². The van der Waals surface area contributed by atoms with Crippen LogP contribution in [0, 0.1) is 0 Å². The van der Waals surface area contributed by atoms with Gasteiger partial charge in [0.05, 0.1) is 6.54 Å². The first-order valence-corrected chi connectivity index (χ1v) is 7.32. The Kier molecular flexibility index (Phi) is 3.46. The average Bonchev–Trinajstić information content (AvgIpc) is 3.32. The molecule has 0 saturated carbocycles. The van der Waals surface area contributed by atoms with Crippen molar-refractivity contribution in [2.45, 2.75) is 25.5 Å². The third kappa shape index (κ3) is 2.78. The van der Waals surface area contributed by atoms with Crippen LogP contribution in [0.15, 0.2) is 22.7 Å². The van der Waals surface area contributed by atoms with Crippen molar-refractivity contribution < 1.29 is 14.1 Å². The van der Waals surface area contributed by atoms with E-state index in [1.54, 1.807) is 18.2 Å². The topological polar surface area (TPSA) is 119 Å². The Morgan fingerprint density at radius 3 is 3.13 bits per heavy atom. The molecule has 9 heteroatoms. The summed E-state index contributed by atoms with van der Waals surface area (Å²) in [7, 11) is 0. The predicted octanol–water partition coefficient (Wildman–Crippen LogP) is 1.12. The molecule has 1 saturated heterocycles. The van der Waals surface area contributed by atoms with Crippen molar-refractivity contribution in [1.82, 2.24) is 30.9 Å². The van der Waals surface area contributed by atoms with Crippen molar-refractivity contribution in [3.8, 4) is 0 Å². The fourth-order valence-electron chi connectivity index (χ4n) is 2.49. The lowest BCUT2D eigenvalue weighted by Crippen LogP contribution is -2.23. The van der Waals surface area contributed by atoms with Gasteiger partial charge in [-0.1, -0.05) is 5.16 Å². The summed E-state index contributed by atoms with van der Waals surface area (Å²) in [5, 5.41) is 17.0. The number of hydrogen-bond acceptors (Lipinski definition) is 7. The number of carbonyl (C=O) groups excluding carboxylic acids is 1. The summed E-state index contributed by atoms with van der Waals surface area (Å²) < 4.78 is 10.7. The molecule has 9 nitrogen and oxygen atoms in total. The van der Waals surface area contributed by atoms with E-state index in [1.165, 1.54) is 0 Å². The zero-order valence-electron chi connectivity index (χ0n) is 12.2. The minimum atomic E-state index is -0.238. The molecular formula is C14H14N6O3. The lowest BCUT2D eigenvalue weighted by atomic mass is 10.2. The molecule has 3 heterocycles. The molecule has 0 aliphatic carbocycles. The van der Waals surface area contributed by atoms with Crippen LogP contribution in [0.1, 0.15) is 41.0 Å². The van der Waals surface area contributed by atoms with Gasteiger partial charge < -0.3 is 14.6 Å². The van der Waals surface area contributed by atoms with Crippen molar-refractivity contribution in [2.24, 2.45) is 0 Å². The van der Waals surface area contributed by atoms with Gasteiger partial charge in [0, 0.05) is 12.2 Å². The Morgan fingerprint density at radius 1 is 1.35 bits per heavy atom. The van der Waals surface area contributed by atoms with Crippen molar-refractivity contribution in [1.29, 1.82) is 0 Å². The molecule has 1 fully saturated rings. The average molecular weight is 314 g/mol. The fraction of sp³-hybridized carbons (Fsp3) is 0.357. The zero-order valence-corrected chi connectivity index (χ0v) is 12.2. The second-order valence-electron chi connectivity index (χ2n) is 5.26. The van der Waals surface area contributed by atoms with Gasteiger partial charge >= 0.3 is 0 Å². The molecule has 1 aliphatic rings. The third-order valence-electron chi connectivity index (χ3n) is 3.67. The number of rotatable bonds is 4. The third-order valence-corrected chi connectivity index (χ3v) is 3.67. The normalized spacial score (nSPS) is 17.7. The second-order valence-corrected chi connectivity index (χ2v) is 5.26. The van der Waals surface area contributed by atoms with Crippen LogP contribution in [-0.4, -0.2) is 38.1 Å². The quantitative estimate of drug-likeness (QED) is 0.740. The molecular weight excluding hydrogens is 300 g/mol. The van der Waals surface area contributed by atoms with Gasteiger partial charge in [0.15, 0.2) is 5.82 Å². The van der Waals surface area contributed by atoms with Gasteiger partial charge in [-0.05, 0) is 31.0 Å². The van der Waals surface area contributed by atoms with E-state index in [-0.39, 0.29) is 18.6 Å². The predicted molar refractivity (Wildman–Crippen MR) is 77.3 cm³/mol. The highest BCUT2D eigenvalue weighted by molar-refractivity contribution is 5.97. The number of hydrogen-bond donors (Lipinski definition) is 2. The van der Waals surface area contributed by atoms with E-state index in [1.807, 2.05) is 0 Å². The summed E-state index contributed by atoms with van der Waals surface area (Å²) in [5.41, 5.74) is 1.84. The highest BCUT2D eigenvalue weighted by Gasteiger charge is 2.23. The van der Waals surface area contributed by atoms with Gasteiger partial charge in [0.25, 0.3) is 11.8 Å². The van der Waals surface area contributed by atoms with Gasteiger partial charge in [0.1, 0.15) is 17.1 Å². The smallest absolute Gasteiger partial charge is 0.255 e. The molecule has 1 atom stereocenters. The first-order valence-electron chi connectivity index (χ1n) is 7.32. The Morgan fingerprint density at radius 2 is 2.26 bits per heavy atom. The molecule has 2 aromatic heterocycles. The van der Waals surface area contributed by atoms with E-state index in [2.05, 4.69) is 30.9 Å². The maximum atomic E-state index is 12.2. The van der Waals surface area contributed by atoms with E-state index in [0.717, 1.165) is 12.8 Å². The number of carbonyl (C=O) groups is 1. The van der Waals surface area contributed by atoms with E-state index in [0.29, 0.717) is 34.9 Å². The Hall–Kier alpha value is -2.81. The second kappa shape index (κ2) is 5.76. The molecule has 0 unspecified atom stereocenters. The van der Waals surface area contributed by atoms with Gasteiger partial charge in [-0.15, -0.1) is 0 Å². The van der Waals surface area contributed by atoms with Gasteiger partial charge in [-0.25, -0.2) is 0 Å². The van der Waals surface area contributed by atoms with Crippen molar-refractivity contribution >= 4 is 16.9 Å². The molecule has 0 radical (unpaired) electrons. The Balaban J connectivity index is 1.40. The number of H-pyrrole nitrogens is 1. The van der Waals surface area contributed by atoms with Gasteiger partial charge in [0.2, 0.25) is 0 Å². The Labute approximate surface area is 130 Å². The molecule has 4 rings (SSSR count). The number of aromatic amines is 1. The fourth-order valence-corrected chi connectivity index (χ4v) is 2.49. The van der Waals surface area contributed by atoms with E-state index >= 15 is 0 Å². The number of nitrogens with one attached hydrogen (secondary N) is 2. The summed E-state index contributed by atoms with van der Waals surface area (Å²) in [6.07, 6.45) is 1.75. The molecule has 0 bridgehead atoms. The van der Waals surface area contributed by atoms with E-state index in [9.17, 15) is 4.79 Å². The van der Waals surface area contributed by atoms with Crippen LogP contribution in [0.2, 0.25) is 0 Å². The number of ether oxygens (including phenoxy) is 1. The summed E-state index contributed by atoms with van der Waals surface area (Å²) in [4.78, 5) is 16.4. The summed E-state index contributed by atoms with van der Waals surface area (Å²) >= 11 is 0. The molecule has 0 spiro atoms. The molecule has 2 N–H and O–H groups in total. The number of benzene rings is 1. The zero-order chi connectivity index (χ0) is 15.6. The van der Waals surface area contributed by atoms with Crippen LogP contribution >= 0.6 is 0 Å². The van der Waals surface area contributed by atoms with Crippen molar-refractivity contribution in [3.63, 3.8) is 0 Å². The van der Waals surface area contributed by atoms with Gasteiger partial charge in [-0.2, -0.15) is 20.4 Å². The highest BCUT2D eigenvalue weighted by atomic mass is 16.5. The number of fused-ring (bicyclic) bond motifs is 1. The maximum Gasteiger partial charge on any atom is 0.255 e. The van der Waals surface area contributed by atoms with E-state index in [4.69, 9.17) is 9.26 Å². The monoisotopic (exact) mass is 314 g/mol. The molecule has 118 valence electrons. The molecule has 23 heavy (non-hydrogen) atoms. The maximum absolute atomic E-state index is 12.2. The molecule has 1 aliphatic heterocycles. The van der Waals surface area contributed by atoms with Crippen molar-refractivity contribution in [2.75, 3.05) is 6.61 Å². The van der Waals surface area contributed by atoms with Gasteiger partial charge in [-0.3, -0.25) is 4.79 Å². The number of nitrogens with zero attached hydrogens (tertiary/aromatic N) is 4. The largest absolute Gasteiger partial charge is 0.368 e. The first kappa shape index (κ1) is 13.8. The number of amides is 1. The van der Waals surface area contributed by atoms with Crippen LogP contribution in [0.3, 0.4) is 0 Å². The lowest BCUT2D eigenvalue weighted by Gasteiger charge is -2.02. The van der Waals surface area contributed by atoms with E-state index < -0.39 is 0 Å². The Bertz CT molecular complexity index is 836. The molecule has 1 amide bonds.